The Kier molecular flexibility index (Phi) is 5.16. The van der Waals surface area contributed by atoms with E-state index in [2.05, 4.69) is 26.0 Å². The molecule has 5 aliphatic rings. The summed E-state index contributed by atoms with van der Waals surface area (Å²) in [5.74, 6) is 2.38. The van der Waals surface area contributed by atoms with Crippen LogP contribution < -0.4 is 0 Å². The van der Waals surface area contributed by atoms with Crippen molar-refractivity contribution >= 4 is 0 Å². The Hall–Kier alpha value is -1.11. The Balaban J connectivity index is 1.33. The lowest BCUT2D eigenvalue weighted by Crippen LogP contribution is -2.50. The number of rotatable bonds is 2. The summed E-state index contributed by atoms with van der Waals surface area (Å²) in [6.45, 7) is 5.89. The summed E-state index contributed by atoms with van der Waals surface area (Å²) in [5, 5.41) is 9.24. The summed E-state index contributed by atoms with van der Waals surface area (Å²) in [6.07, 6.45) is 18.2. The maximum atomic E-state index is 9.24. The summed E-state index contributed by atoms with van der Waals surface area (Å²) in [4.78, 5) is 0. The van der Waals surface area contributed by atoms with Gasteiger partial charge in [0.25, 0.3) is 0 Å². The highest BCUT2D eigenvalue weighted by Crippen LogP contribution is 2.66. The molecule has 3 nitrogen and oxygen atoms in total. The van der Waals surface area contributed by atoms with Crippen LogP contribution in [0.1, 0.15) is 84.5 Å². The third-order valence-corrected chi connectivity index (χ3v) is 9.63. The lowest BCUT2D eigenvalue weighted by molar-refractivity contribution is -0.195. The molecule has 5 rings (SSSR count). The van der Waals surface area contributed by atoms with Crippen molar-refractivity contribution in [2.45, 2.75) is 96.9 Å². The second-order valence-electron chi connectivity index (χ2n) is 10.8. The SMILES string of the molecule is C[C@]12CC[C@H](OC3CCCCO3)CC1=CC[C@@H]1[C@@H]2CC[C@]2(C)/C(=C/C#N)CC[C@@H]12. The predicted molar refractivity (Wildman–Crippen MR) is 114 cm³/mol. The first-order valence-corrected chi connectivity index (χ1v) is 12.1. The molecule has 0 N–H and O–H groups in total. The number of nitriles is 1. The summed E-state index contributed by atoms with van der Waals surface area (Å²) < 4.78 is 12.2. The third kappa shape index (κ3) is 3.22. The maximum Gasteiger partial charge on any atom is 0.157 e. The van der Waals surface area contributed by atoms with E-state index in [1.807, 2.05) is 6.08 Å². The Morgan fingerprint density at radius 3 is 2.72 bits per heavy atom. The largest absolute Gasteiger partial charge is 0.353 e. The molecule has 4 aliphatic carbocycles. The van der Waals surface area contributed by atoms with Crippen LogP contribution in [-0.4, -0.2) is 19.0 Å². The van der Waals surface area contributed by atoms with Crippen LogP contribution in [0.2, 0.25) is 0 Å². The van der Waals surface area contributed by atoms with E-state index in [0.717, 1.165) is 43.6 Å². The van der Waals surface area contributed by atoms with Gasteiger partial charge in [0.2, 0.25) is 0 Å². The molecule has 0 aromatic carbocycles. The maximum absolute atomic E-state index is 9.24. The molecule has 7 atom stereocenters. The van der Waals surface area contributed by atoms with Gasteiger partial charge >= 0.3 is 0 Å². The van der Waals surface area contributed by atoms with Crippen LogP contribution in [-0.2, 0) is 9.47 Å². The van der Waals surface area contributed by atoms with Crippen LogP contribution in [0.3, 0.4) is 0 Å². The smallest absolute Gasteiger partial charge is 0.157 e. The number of ether oxygens (including phenoxy) is 2. The molecular weight excluding hydrogens is 358 g/mol. The van der Waals surface area contributed by atoms with Crippen LogP contribution >= 0.6 is 0 Å². The van der Waals surface area contributed by atoms with Gasteiger partial charge in [-0.05, 0) is 99.2 Å². The van der Waals surface area contributed by atoms with Gasteiger partial charge in [0, 0.05) is 12.7 Å². The summed E-state index contributed by atoms with van der Waals surface area (Å²) in [6, 6.07) is 2.33. The van der Waals surface area contributed by atoms with Crippen LogP contribution in [0.25, 0.3) is 0 Å². The summed E-state index contributed by atoms with van der Waals surface area (Å²) in [7, 11) is 0. The van der Waals surface area contributed by atoms with E-state index in [4.69, 9.17) is 9.47 Å². The van der Waals surface area contributed by atoms with Crippen molar-refractivity contribution in [1.82, 2.24) is 0 Å². The van der Waals surface area contributed by atoms with E-state index in [9.17, 15) is 5.26 Å². The van der Waals surface area contributed by atoms with Gasteiger partial charge in [0.1, 0.15) is 0 Å². The molecule has 0 spiro atoms. The van der Waals surface area contributed by atoms with Gasteiger partial charge in [0.05, 0.1) is 12.2 Å². The third-order valence-electron chi connectivity index (χ3n) is 9.63. The van der Waals surface area contributed by atoms with Crippen molar-refractivity contribution < 1.29 is 9.47 Å². The van der Waals surface area contributed by atoms with Gasteiger partial charge in [-0.15, -0.1) is 0 Å². The van der Waals surface area contributed by atoms with E-state index in [1.54, 1.807) is 5.57 Å². The van der Waals surface area contributed by atoms with Gasteiger partial charge in [-0.1, -0.05) is 31.1 Å². The van der Waals surface area contributed by atoms with Crippen molar-refractivity contribution in [3.05, 3.63) is 23.3 Å². The van der Waals surface area contributed by atoms with E-state index >= 15 is 0 Å². The molecule has 158 valence electrons. The highest BCUT2D eigenvalue weighted by atomic mass is 16.7. The highest BCUT2D eigenvalue weighted by Gasteiger charge is 2.57. The average molecular weight is 396 g/mol. The van der Waals surface area contributed by atoms with E-state index in [0.29, 0.717) is 11.5 Å². The zero-order valence-electron chi connectivity index (χ0n) is 18.3. The number of allylic oxidation sites excluding steroid dienone is 3. The van der Waals surface area contributed by atoms with Crippen molar-refractivity contribution in [2.24, 2.45) is 28.6 Å². The van der Waals surface area contributed by atoms with E-state index in [1.165, 1.54) is 56.9 Å². The van der Waals surface area contributed by atoms with Gasteiger partial charge in [0.15, 0.2) is 6.29 Å². The normalized spacial score (nSPS) is 48.2. The Bertz CT molecular complexity index is 742. The molecular formula is C26H37NO2. The molecule has 0 aromatic rings. The lowest BCUT2D eigenvalue weighted by atomic mass is 9.48. The van der Waals surface area contributed by atoms with Crippen molar-refractivity contribution in [3.63, 3.8) is 0 Å². The molecule has 1 heterocycles. The number of hydrogen-bond donors (Lipinski definition) is 0. The summed E-state index contributed by atoms with van der Waals surface area (Å²) >= 11 is 0. The second-order valence-corrected chi connectivity index (χ2v) is 10.8. The monoisotopic (exact) mass is 395 g/mol. The van der Waals surface area contributed by atoms with E-state index in [-0.39, 0.29) is 11.7 Å². The molecule has 1 aliphatic heterocycles. The minimum atomic E-state index is 0.0364. The fourth-order valence-corrected chi connectivity index (χ4v) is 7.94. The van der Waals surface area contributed by atoms with Crippen LogP contribution in [0.5, 0.6) is 0 Å². The fraction of sp³-hybridized carbons (Fsp3) is 0.808. The van der Waals surface area contributed by atoms with E-state index < -0.39 is 0 Å². The number of hydrogen-bond acceptors (Lipinski definition) is 3. The first-order valence-electron chi connectivity index (χ1n) is 12.1. The molecule has 0 bridgehead atoms. The quantitative estimate of drug-likeness (QED) is 0.406. The molecule has 4 fully saturated rings. The topological polar surface area (TPSA) is 42.2 Å². The van der Waals surface area contributed by atoms with Crippen LogP contribution in [0.4, 0.5) is 0 Å². The first-order chi connectivity index (χ1) is 14.0. The Morgan fingerprint density at radius 2 is 1.93 bits per heavy atom. The van der Waals surface area contributed by atoms with Gasteiger partial charge in [-0.3, -0.25) is 0 Å². The minimum absolute atomic E-state index is 0.0364. The predicted octanol–water partition coefficient (Wildman–Crippen LogP) is 6.31. The molecule has 0 amide bonds. The molecule has 3 saturated carbocycles. The number of fused-ring (bicyclic) bond motifs is 5. The summed E-state index contributed by atoms with van der Waals surface area (Å²) in [5.41, 5.74) is 3.75. The van der Waals surface area contributed by atoms with Crippen LogP contribution in [0.15, 0.2) is 23.3 Å². The Morgan fingerprint density at radius 1 is 1.10 bits per heavy atom. The van der Waals surface area contributed by atoms with Crippen molar-refractivity contribution in [3.8, 4) is 6.07 Å². The average Bonchev–Trinajstić information content (AvgIpc) is 3.06. The standard InChI is InChI=1S/C26H37NO2/c1-25-14-11-23-21(22(25)9-7-18(25)12-15-27)8-6-19-17-20(10-13-26(19,23)2)29-24-5-3-4-16-28-24/h6,12,20-24H,3-5,7-11,13-14,16-17H2,1-2H3/b18-12+/t20-,21-,22-,23-,24?,25+,26-/m0/s1. The molecule has 0 radical (unpaired) electrons. The van der Waals surface area contributed by atoms with Gasteiger partial charge in [-0.2, -0.15) is 5.26 Å². The Labute approximate surface area is 176 Å². The zero-order chi connectivity index (χ0) is 20.1. The molecule has 0 aromatic heterocycles. The molecule has 29 heavy (non-hydrogen) atoms. The van der Waals surface area contributed by atoms with Gasteiger partial charge < -0.3 is 9.47 Å². The van der Waals surface area contributed by atoms with Crippen molar-refractivity contribution in [1.29, 1.82) is 5.26 Å². The zero-order valence-corrected chi connectivity index (χ0v) is 18.3. The minimum Gasteiger partial charge on any atom is -0.353 e. The number of nitrogens with zero attached hydrogens (tertiary/aromatic N) is 1. The molecule has 1 saturated heterocycles. The highest BCUT2D eigenvalue weighted by molar-refractivity contribution is 5.31. The van der Waals surface area contributed by atoms with Crippen molar-refractivity contribution in [2.75, 3.05) is 6.61 Å². The van der Waals surface area contributed by atoms with Crippen LogP contribution in [0, 0.1) is 39.9 Å². The molecule has 1 unspecified atom stereocenters. The first kappa shape index (κ1) is 19.8. The second kappa shape index (κ2) is 7.54. The fourth-order valence-electron chi connectivity index (χ4n) is 7.94. The van der Waals surface area contributed by atoms with Gasteiger partial charge in [-0.25, -0.2) is 0 Å². The molecule has 3 heteroatoms. The lowest BCUT2D eigenvalue weighted by Gasteiger charge is -2.57.